The van der Waals surface area contributed by atoms with Crippen molar-refractivity contribution in [1.29, 1.82) is 0 Å². The summed E-state index contributed by atoms with van der Waals surface area (Å²) >= 11 is 0. The van der Waals surface area contributed by atoms with Crippen LogP contribution in [0.25, 0.3) is 0 Å². The molecule has 0 amide bonds. The van der Waals surface area contributed by atoms with E-state index >= 15 is 0 Å². The normalized spacial score (nSPS) is 27.0. The lowest BCUT2D eigenvalue weighted by molar-refractivity contribution is 0.136. The van der Waals surface area contributed by atoms with Crippen LogP contribution in [0.1, 0.15) is 36.1 Å². The zero-order chi connectivity index (χ0) is 9.42. The van der Waals surface area contributed by atoms with Gasteiger partial charge in [-0.25, -0.2) is 0 Å². The molecule has 0 fully saturated rings. The topological polar surface area (TPSA) is 20.2 Å². The highest BCUT2D eigenvalue weighted by Crippen LogP contribution is 2.33. The van der Waals surface area contributed by atoms with Crippen LogP contribution in [0, 0.1) is 12.8 Å². The van der Waals surface area contributed by atoms with E-state index in [0.717, 1.165) is 18.4 Å². The molecule has 1 aliphatic rings. The van der Waals surface area contributed by atoms with Gasteiger partial charge in [-0.2, -0.15) is 0 Å². The number of aliphatic hydroxyl groups excluding tert-OH is 1. The fourth-order valence-corrected chi connectivity index (χ4v) is 2.18. The van der Waals surface area contributed by atoms with Gasteiger partial charge in [-0.1, -0.05) is 30.7 Å². The van der Waals surface area contributed by atoms with E-state index < -0.39 is 0 Å². The molecule has 0 aliphatic heterocycles. The summed E-state index contributed by atoms with van der Waals surface area (Å²) in [7, 11) is 0. The lowest BCUT2D eigenvalue weighted by atomic mass is 9.82. The first-order valence-corrected chi connectivity index (χ1v) is 4.94. The van der Waals surface area contributed by atoms with Crippen LogP contribution in [-0.4, -0.2) is 5.11 Å². The van der Waals surface area contributed by atoms with E-state index in [2.05, 4.69) is 32.0 Å². The van der Waals surface area contributed by atoms with Crippen molar-refractivity contribution in [2.24, 2.45) is 5.92 Å². The second-order valence-electron chi connectivity index (χ2n) is 4.26. The molecular weight excluding hydrogens is 160 g/mol. The Hall–Kier alpha value is -0.820. The van der Waals surface area contributed by atoms with Gasteiger partial charge in [0.2, 0.25) is 0 Å². The van der Waals surface area contributed by atoms with Gasteiger partial charge in [0.1, 0.15) is 0 Å². The van der Waals surface area contributed by atoms with Gasteiger partial charge < -0.3 is 5.11 Å². The Balaban J connectivity index is 2.43. The summed E-state index contributed by atoms with van der Waals surface area (Å²) < 4.78 is 0. The van der Waals surface area contributed by atoms with E-state index in [9.17, 15) is 5.11 Å². The Morgan fingerprint density at radius 1 is 1.38 bits per heavy atom. The molecule has 1 N–H and O–H groups in total. The first kappa shape index (κ1) is 8.76. The number of rotatable bonds is 0. The SMILES string of the molecule is Cc1ccc2c(c1)C(O)CC(C)C2. The molecule has 1 nitrogen and oxygen atoms in total. The highest BCUT2D eigenvalue weighted by molar-refractivity contribution is 5.35. The molecule has 0 aromatic heterocycles. The van der Waals surface area contributed by atoms with Crippen LogP contribution in [0.2, 0.25) is 0 Å². The van der Waals surface area contributed by atoms with Gasteiger partial charge in [-0.15, -0.1) is 0 Å². The molecule has 0 saturated carbocycles. The number of fused-ring (bicyclic) bond motifs is 1. The van der Waals surface area contributed by atoms with Crippen LogP contribution in [0.3, 0.4) is 0 Å². The highest BCUT2D eigenvalue weighted by Gasteiger charge is 2.22. The van der Waals surface area contributed by atoms with Crippen molar-refractivity contribution in [3.05, 3.63) is 34.9 Å². The van der Waals surface area contributed by atoms with Crippen molar-refractivity contribution in [2.75, 3.05) is 0 Å². The van der Waals surface area contributed by atoms with E-state index in [1.807, 2.05) is 0 Å². The molecule has 13 heavy (non-hydrogen) atoms. The first-order valence-electron chi connectivity index (χ1n) is 4.94. The Morgan fingerprint density at radius 2 is 2.15 bits per heavy atom. The van der Waals surface area contributed by atoms with Crippen molar-refractivity contribution in [3.63, 3.8) is 0 Å². The molecular formula is C12H16O. The highest BCUT2D eigenvalue weighted by atomic mass is 16.3. The summed E-state index contributed by atoms with van der Waals surface area (Å²) in [6.45, 7) is 4.27. The number of hydrogen-bond donors (Lipinski definition) is 1. The third kappa shape index (κ3) is 1.61. The number of aryl methyl sites for hydroxylation is 1. The summed E-state index contributed by atoms with van der Waals surface area (Å²) in [6.07, 6.45) is 1.79. The minimum Gasteiger partial charge on any atom is -0.388 e. The van der Waals surface area contributed by atoms with E-state index in [1.54, 1.807) is 0 Å². The van der Waals surface area contributed by atoms with Crippen LogP contribution in [-0.2, 0) is 6.42 Å². The van der Waals surface area contributed by atoms with Crippen LogP contribution in [0.15, 0.2) is 18.2 Å². The Labute approximate surface area is 79.4 Å². The summed E-state index contributed by atoms with van der Waals surface area (Å²) in [5, 5.41) is 9.86. The van der Waals surface area contributed by atoms with Gasteiger partial charge >= 0.3 is 0 Å². The van der Waals surface area contributed by atoms with Gasteiger partial charge in [0.25, 0.3) is 0 Å². The molecule has 0 radical (unpaired) electrons. The van der Waals surface area contributed by atoms with Crippen molar-refractivity contribution < 1.29 is 5.11 Å². The van der Waals surface area contributed by atoms with E-state index in [0.29, 0.717) is 5.92 Å². The fourth-order valence-electron chi connectivity index (χ4n) is 2.18. The minimum atomic E-state index is -0.237. The van der Waals surface area contributed by atoms with Gasteiger partial charge in [0.15, 0.2) is 0 Å². The first-order chi connectivity index (χ1) is 6.16. The van der Waals surface area contributed by atoms with Crippen LogP contribution in [0.4, 0.5) is 0 Å². The Morgan fingerprint density at radius 3 is 2.92 bits per heavy atom. The Bertz CT molecular complexity index is 317. The molecule has 0 heterocycles. The lowest BCUT2D eigenvalue weighted by Crippen LogP contribution is -2.16. The molecule has 70 valence electrons. The third-order valence-electron chi connectivity index (χ3n) is 2.85. The summed E-state index contributed by atoms with van der Waals surface area (Å²) in [4.78, 5) is 0. The standard InChI is InChI=1S/C12H16O/c1-8-3-4-10-5-9(2)7-12(13)11(10)6-8/h3-4,6,9,12-13H,5,7H2,1-2H3. The molecule has 1 aromatic carbocycles. The van der Waals surface area contributed by atoms with E-state index in [-0.39, 0.29) is 6.10 Å². The molecule has 0 bridgehead atoms. The van der Waals surface area contributed by atoms with Crippen LogP contribution in [0.5, 0.6) is 0 Å². The van der Waals surface area contributed by atoms with Crippen molar-refractivity contribution >= 4 is 0 Å². The Kier molecular flexibility index (Phi) is 2.12. The molecule has 0 spiro atoms. The number of benzene rings is 1. The third-order valence-corrected chi connectivity index (χ3v) is 2.85. The lowest BCUT2D eigenvalue weighted by Gasteiger charge is -2.26. The maximum Gasteiger partial charge on any atom is 0.0795 e. The molecule has 0 saturated heterocycles. The molecule has 1 heteroatoms. The minimum absolute atomic E-state index is 0.237. The van der Waals surface area contributed by atoms with Gasteiger partial charge in [-0.3, -0.25) is 0 Å². The number of aliphatic hydroxyl groups is 1. The quantitative estimate of drug-likeness (QED) is 0.644. The smallest absolute Gasteiger partial charge is 0.0795 e. The number of hydrogen-bond acceptors (Lipinski definition) is 1. The van der Waals surface area contributed by atoms with Gasteiger partial charge in [0.05, 0.1) is 6.10 Å². The van der Waals surface area contributed by atoms with Gasteiger partial charge in [0, 0.05) is 0 Å². The average Bonchev–Trinajstić information content (AvgIpc) is 2.06. The summed E-state index contributed by atoms with van der Waals surface area (Å²) in [6, 6.07) is 6.40. The zero-order valence-electron chi connectivity index (χ0n) is 8.25. The predicted molar refractivity (Wildman–Crippen MR) is 53.6 cm³/mol. The van der Waals surface area contributed by atoms with Crippen molar-refractivity contribution in [2.45, 2.75) is 32.8 Å². The molecule has 1 aromatic rings. The van der Waals surface area contributed by atoms with E-state index in [4.69, 9.17) is 0 Å². The largest absolute Gasteiger partial charge is 0.388 e. The predicted octanol–water partition coefficient (Wildman–Crippen LogP) is 2.61. The maximum absolute atomic E-state index is 9.86. The van der Waals surface area contributed by atoms with Crippen molar-refractivity contribution in [3.8, 4) is 0 Å². The van der Waals surface area contributed by atoms with E-state index in [1.165, 1.54) is 11.1 Å². The molecule has 2 unspecified atom stereocenters. The second kappa shape index (κ2) is 3.15. The maximum atomic E-state index is 9.86. The fraction of sp³-hybridized carbons (Fsp3) is 0.500. The van der Waals surface area contributed by atoms with Crippen LogP contribution >= 0.6 is 0 Å². The second-order valence-corrected chi connectivity index (χ2v) is 4.26. The molecule has 1 aliphatic carbocycles. The molecule has 2 rings (SSSR count). The van der Waals surface area contributed by atoms with Gasteiger partial charge in [-0.05, 0) is 36.8 Å². The summed E-state index contributed by atoms with van der Waals surface area (Å²) in [5.74, 6) is 0.616. The zero-order valence-corrected chi connectivity index (χ0v) is 8.25. The average molecular weight is 176 g/mol. The monoisotopic (exact) mass is 176 g/mol. The molecule has 2 atom stereocenters. The van der Waals surface area contributed by atoms with Crippen LogP contribution < -0.4 is 0 Å². The van der Waals surface area contributed by atoms with Crippen molar-refractivity contribution in [1.82, 2.24) is 0 Å². The summed E-state index contributed by atoms with van der Waals surface area (Å²) in [5.41, 5.74) is 3.72.